The second kappa shape index (κ2) is 5.41. The largest absolute Gasteiger partial charge is 0.507 e. The fourth-order valence-corrected chi connectivity index (χ4v) is 2.32. The van der Waals surface area contributed by atoms with Gasteiger partial charge in [-0.3, -0.25) is 0 Å². The van der Waals surface area contributed by atoms with Crippen LogP contribution in [0, 0.1) is 6.92 Å². The predicted molar refractivity (Wildman–Crippen MR) is 78.0 cm³/mol. The van der Waals surface area contributed by atoms with Gasteiger partial charge in [0.05, 0.1) is 22.3 Å². The van der Waals surface area contributed by atoms with Gasteiger partial charge in [-0.2, -0.15) is 0 Å². The third-order valence-electron chi connectivity index (χ3n) is 2.99. The normalized spacial score (nSPS) is 12.2. The molecule has 1 atom stereocenters. The lowest BCUT2D eigenvalue weighted by molar-refractivity contribution is 0.434. The average Bonchev–Trinajstić information content (AvgIpc) is 2.32. The lowest BCUT2D eigenvalue weighted by Gasteiger charge is -2.19. The maximum Gasteiger partial charge on any atom is 0.124 e. The summed E-state index contributed by atoms with van der Waals surface area (Å²) in [7, 11) is 0. The van der Waals surface area contributed by atoms with Gasteiger partial charge < -0.3 is 15.5 Å². The molecule has 100 valence electrons. The van der Waals surface area contributed by atoms with E-state index >= 15 is 0 Å². The molecule has 3 nitrogen and oxygen atoms in total. The van der Waals surface area contributed by atoms with E-state index in [1.807, 2.05) is 32.0 Å². The molecule has 3 N–H and O–H groups in total. The van der Waals surface area contributed by atoms with E-state index in [4.69, 9.17) is 11.6 Å². The van der Waals surface area contributed by atoms with E-state index in [0.29, 0.717) is 10.6 Å². The van der Waals surface area contributed by atoms with Crippen LogP contribution < -0.4 is 5.32 Å². The van der Waals surface area contributed by atoms with E-state index < -0.39 is 0 Å². The maximum absolute atomic E-state index is 9.82. The molecule has 4 heteroatoms. The molecule has 0 spiro atoms. The van der Waals surface area contributed by atoms with Crippen molar-refractivity contribution in [2.75, 3.05) is 5.32 Å². The summed E-state index contributed by atoms with van der Waals surface area (Å²) >= 11 is 6.15. The zero-order valence-electron chi connectivity index (χ0n) is 10.8. The van der Waals surface area contributed by atoms with Crippen LogP contribution in [-0.4, -0.2) is 10.2 Å². The number of nitrogens with one attached hydrogen (secondary N) is 1. The summed E-state index contributed by atoms with van der Waals surface area (Å²) in [5.41, 5.74) is 2.30. The van der Waals surface area contributed by atoms with Crippen LogP contribution in [0.5, 0.6) is 11.5 Å². The van der Waals surface area contributed by atoms with Crippen molar-refractivity contribution < 1.29 is 10.2 Å². The topological polar surface area (TPSA) is 52.5 Å². The second-order valence-corrected chi connectivity index (χ2v) is 4.97. The highest BCUT2D eigenvalue weighted by Crippen LogP contribution is 2.35. The van der Waals surface area contributed by atoms with Gasteiger partial charge in [0.15, 0.2) is 0 Å². The summed E-state index contributed by atoms with van der Waals surface area (Å²) in [6, 6.07) is 10.1. The predicted octanol–water partition coefficient (Wildman–Crippen LogP) is 4.23. The van der Waals surface area contributed by atoms with Gasteiger partial charge in [0, 0.05) is 0 Å². The Balaban J connectivity index is 2.28. The number of aryl methyl sites for hydroxylation is 1. The van der Waals surface area contributed by atoms with Crippen molar-refractivity contribution in [3.63, 3.8) is 0 Å². The molecule has 1 unspecified atom stereocenters. The Hall–Kier alpha value is -1.87. The van der Waals surface area contributed by atoms with Crippen LogP contribution in [0.25, 0.3) is 0 Å². The molecule has 0 saturated heterocycles. The van der Waals surface area contributed by atoms with Gasteiger partial charge in [0.25, 0.3) is 0 Å². The highest BCUT2D eigenvalue weighted by molar-refractivity contribution is 6.33. The summed E-state index contributed by atoms with van der Waals surface area (Å²) in [6.45, 7) is 3.82. The molecule has 2 aromatic carbocycles. The van der Waals surface area contributed by atoms with Gasteiger partial charge in [0.1, 0.15) is 11.5 Å². The van der Waals surface area contributed by atoms with Crippen LogP contribution in [-0.2, 0) is 0 Å². The standard InChI is InChI=1S/C15H16ClNO2/c1-9-6-7-12(11(16)8-9)17-10(2)15-13(18)4-3-5-14(15)19/h3-8,10,17-19H,1-2H3. The number of phenols is 2. The summed E-state index contributed by atoms with van der Waals surface area (Å²) in [5.74, 6) is 0.117. The number of hydrogen-bond acceptors (Lipinski definition) is 3. The Morgan fingerprint density at radius 1 is 1.11 bits per heavy atom. The Kier molecular flexibility index (Phi) is 3.86. The molecule has 0 saturated carbocycles. The Morgan fingerprint density at radius 3 is 2.32 bits per heavy atom. The number of phenolic OH excluding ortho intramolecular Hbond substituents is 2. The van der Waals surface area contributed by atoms with Gasteiger partial charge in [0.2, 0.25) is 0 Å². The van der Waals surface area contributed by atoms with Crippen molar-refractivity contribution in [2.45, 2.75) is 19.9 Å². The molecule has 0 aliphatic heterocycles. The summed E-state index contributed by atoms with van der Waals surface area (Å²) in [4.78, 5) is 0. The first-order chi connectivity index (χ1) is 8.99. The molecule has 0 aliphatic carbocycles. The zero-order chi connectivity index (χ0) is 14.0. The van der Waals surface area contributed by atoms with Gasteiger partial charge in [-0.1, -0.05) is 23.7 Å². The molecule has 0 aliphatic rings. The highest BCUT2D eigenvalue weighted by Gasteiger charge is 2.15. The fourth-order valence-electron chi connectivity index (χ4n) is 2.03. The second-order valence-electron chi connectivity index (χ2n) is 4.56. The molecule has 0 fully saturated rings. The molecule has 2 rings (SSSR count). The zero-order valence-corrected chi connectivity index (χ0v) is 11.6. The Labute approximate surface area is 117 Å². The molecule has 2 aromatic rings. The molecule has 0 radical (unpaired) electrons. The number of hydrogen-bond donors (Lipinski definition) is 3. The SMILES string of the molecule is Cc1ccc(NC(C)c2c(O)cccc2O)c(Cl)c1. The Morgan fingerprint density at radius 2 is 1.74 bits per heavy atom. The van der Waals surface area contributed by atoms with E-state index in [1.54, 1.807) is 18.2 Å². The van der Waals surface area contributed by atoms with E-state index in [9.17, 15) is 10.2 Å². The number of benzene rings is 2. The minimum atomic E-state index is -0.263. The lowest BCUT2D eigenvalue weighted by Crippen LogP contribution is -2.07. The number of aromatic hydroxyl groups is 2. The number of halogens is 1. The molecule has 0 aromatic heterocycles. The first-order valence-electron chi connectivity index (χ1n) is 6.02. The van der Waals surface area contributed by atoms with Crippen molar-refractivity contribution in [1.29, 1.82) is 0 Å². The van der Waals surface area contributed by atoms with Gasteiger partial charge in [-0.15, -0.1) is 0 Å². The maximum atomic E-state index is 9.82. The van der Waals surface area contributed by atoms with E-state index in [0.717, 1.165) is 11.3 Å². The molecule has 0 heterocycles. The van der Waals surface area contributed by atoms with Crippen LogP contribution in [0.4, 0.5) is 5.69 Å². The van der Waals surface area contributed by atoms with E-state index in [2.05, 4.69) is 5.32 Å². The lowest BCUT2D eigenvalue weighted by atomic mass is 10.1. The monoisotopic (exact) mass is 277 g/mol. The van der Waals surface area contributed by atoms with Crippen molar-refractivity contribution in [3.8, 4) is 11.5 Å². The molecule has 0 amide bonds. The van der Waals surface area contributed by atoms with Crippen molar-refractivity contribution >= 4 is 17.3 Å². The van der Waals surface area contributed by atoms with Crippen molar-refractivity contribution in [2.24, 2.45) is 0 Å². The quantitative estimate of drug-likeness (QED) is 0.787. The first kappa shape index (κ1) is 13.6. The fraction of sp³-hybridized carbons (Fsp3) is 0.200. The van der Waals surface area contributed by atoms with Crippen LogP contribution in [0.1, 0.15) is 24.1 Å². The van der Waals surface area contributed by atoms with E-state index in [1.165, 1.54) is 0 Å². The summed E-state index contributed by atoms with van der Waals surface area (Å²) in [5, 5.41) is 23.4. The number of anilines is 1. The molecule has 19 heavy (non-hydrogen) atoms. The van der Waals surface area contributed by atoms with Crippen LogP contribution in [0.15, 0.2) is 36.4 Å². The molecule has 0 bridgehead atoms. The average molecular weight is 278 g/mol. The summed E-state index contributed by atoms with van der Waals surface area (Å²) in [6.07, 6.45) is 0. The number of rotatable bonds is 3. The van der Waals surface area contributed by atoms with Crippen LogP contribution in [0.3, 0.4) is 0 Å². The highest BCUT2D eigenvalue weighted by atomic mass is 35.5. The third-order valence-corrected chi connectivity index (χ3v) is 3.30. The van der Waals surface area contributed by atoms with Gasteiger partial charge in [-0.25, -0.2) is 0 Å². The molecular formula is C15H16ClNO2. The van der Waals surface area contributed by atoms with Crippen molar-refractivity contribution in [3.05, 3.63) is 52.5 Å². The van der Waals surface area contributed by atoms with Gasteiger partial charge >= 0.3 is 0 Å². The van der Waals surface area contributed by atoms with Crippen LogP contribution in [0.2, 0.25) is 5.02 Å². The smallest absolute Gasteiger partial charge is 0.124 e. The van der Waals surface area contributed by atoms with Crippen LogP contribution >= 0.6 is 11.6 Å². The van der Waals surface area contributed by atoms with Gasteiger partial charge in [-0.05, 0) is 43.7 Å². The molecular weight excluding hydrogens is 262 g/mol. The minimum absolute atomic E-state index is 0.0586. The third kappa shape index (κ3) is 2.93. The minimum Gasteiger partial charge on any atom is -0.507 e. The summed E-state index contributed by atoms with van der Waals surface area (Å²) < 4.78 is 0. The first-order valence-corrected chi connectivity index (χ1v) is 6.40. The Bertz CT molecular complexity index is 578. The van der Waals surface area contributed by atoms with Crippen molar-refractivity contribution in [1.82, 2.24) is 0 Å². The van der Waals surface area contributed by atoms with E-state index in [-0.39, 0.29) is 17.5 Å².